The summed E-state index contributed by atoms with van der Waals surface area (Å²) in [4.78, 5) is 17.2. The number of benzene rings is 1. The molecular weight excluding hydrogens is 260 g/mol. The Bertz CT molecular complexity index is 672. The molecular formula is C18H22N2O. The van der Waals surface area contributed by atoms with Crippen molar-refractivity contribution in [2.45, 2.75) is 52.0 Å². The quantitative estimate of drug-likeness (QED) is 0.907. The summed E-state index contributed by atoms with van der Waals surface area (Å²) >= 11 is 0. The van der Waals surface area contributed by atoms with Crippen molar-refractivity contribution in [1.29, 1.82) is 0 Å². The van der Waals surface area contributed by atoms with E-state index in [4.69, 9.17) is 0 Å². The van der Waals surface area contributed by atoms with Crippen molar-refractivity contribution in [3.8, 4) is 0 Å². The van der Waals surface area contributed by atoms with Gasteiger partial charge >= 0.3 is 0 Å². The van der Waals surface area contributed by atoms with Crippen LogP contribution in [0.3, 0.4) is 0 Å². The number of fused-ring (bicyclic) bond motifs is 1. The van der Waals surface area contributed by atoms with Crippen LogP contribution in [0.2, 0.25) is 0 Å². The lowest BCUT2D eigenvalue weighted by Gasteiger charge is -2.23. The zero-order chi connectivity index (χ0) is 14.8. The van der Waals surface area contributed by atoms with Gasteiger partial charge in [0.2, 0.25) is 0 Å². The van der Waals surface area contributed by atoms with Crippen molar-refractivity contribution in [2.75, 3.05) is 0 Å². The van der Waals surface area contributed by atoms with E-state index >= 15 is 0 Å². The van der Waals surface area contributed by atoms with E-state index in [0.717, 1.165) is 40.6 Å². The summed E-state index contributed by atoms with van der Waals surface area (Å²) in [6.07, 6.45) is 5.95. The molecule has 0 unspecified atom stereocenters. The second-order valence-corrected chi connectivity index (χ2v) is 6.09. The first kappa shape index (κ1) is 14.1. The number of rotatable bonds is 2. The number of pyridine rings is 1. The van der Waals surface area contributed by atoms with Crippen molar-refractivity contribution in [1.82, 2.24) is 10.3 Å². The van der Waals surface area contributed by atoms with Gasteiger partial charge in [0.05, 0.1) is 5.52 Å². The highest BCUT2D eigenvalue weighted by Crippen LogP contribution is 2.23. The lowest BCUT2D eigenvalue weighted by atomic mass is 9.95. The standard InChI is InChI=1S/C18H22N2O/c1-12-8-10-16(15-11-9-13(2)19-17(12)15)18(21)20-14-6-4-3-5-7-14/h8-11,14H,3-7H2,1-2H3,(H,20,21). The zero-order valence-electron chi connectivity index (χ0n) is 12.8. The number of hydrogen-bond donors (Lipinski definition) is 1. The van der Waals surface area contributed by atoms with Gasteiger partial charge in [-0.25, -0.2) is 0 Å². The van der Waals surface area contributed by atoms with Gasteiger partial charge in [0, 0.05) is 22.7 Å². The van der Waals surface area contributed by atoms with Gasteiger partial charge in [0.15, 0.2) is 0 Å². The van der Waals surface area contributed by atoms with Crippen LogP contribution >= 0.6 is 0 Å². The molecule has 1 heterocycles. The van der Waals surface area contributed by atoms with E-state index in [1.165, 1.54) is 19.3 Å². The van der Waals surface area contributed by atoms with Crippen LogP contribution in [0, 0.1) is 13.8 Å². The summed E-state index contributed by atoms with van der Waals surface area (Å²) in [7, 11) is 0. The largest absolute Gasteiger partial charge is 0.349 e. The average molecular weight is 282 g/mol. The fourth-order valence-electron chi connectivity index (χ4n) is 3.16. The van der Waals surface area contributed by atoms with Gasteiger partial charge < -0.3 is 5.32 Å². The van der Waals surface area contributed by atoms with E-state index in [2.05, 4.69) is 10.3 Å². The van der Waals surface area contributed by atoms with Crippen LogP contribution in [0.25, 0.3) is 10.9 Å². The Balaban J connectivity index is 1.92. The van der Waals surface area contributed by atoms with Crippen LogP contribution < -0.4 is 5.32 Å². The first-order chi connectivity index (χ1) is 10.1. The maximum Gasteiger partial charge on any atom is 0.252 e. The van der Waals surface area contributed by atoms with Crippen LogP contribution in [-0.2, 0) is 0 Å². The Hall–Kier alpha value is -1.90. The van der Waals surface area contributed by atoms with Crippen LogP contribution in [0.15, 0.2) is 24.3 Å². The molecule has 1 aliphatic rings. The Labute approximate surface area is 125 Å². The smallest absolute Gasteiger partial charge is 0.252 e. The molecule has 0 radical (unpaired) electrons. The Morgan fingerprint density at radius 2 is 1.86 bits per heavy atom. The van der Waals surface area contributed by atoms with Crippen LogP contribution in [0.4, 0.5) is 0 Å². The molecule has 1 aromatic heterocycles. The van der Waals surface area contributed by atoms with Gasteiger partial charge in [0.25, 0.3) is 5.91 Å². The molecule has 1 N–H and O–H groups in total. The molecule has 1 fully saturated rings. The minimum Gasteiger partial charge on any atom is -0.349 e. The molecule has 0 saturated heterocycles. The molecule has 1 aliphatic carbocycles. The fourth-order valence-corrected chi connectivity index (χ4v) is 3.16. The second kappa shape index (κ2) is 5.84. The molecule has 0 atom stereocenters. The number of carbonyl (C=O) groups excluding carboxylic acids is 1. The number of carbonyl (C=O) groups is 1. The zero-order valence-corrected chi connectivity index (χ0v) is 12.8. The predicted molar refractivity (Wildman–Crippen MR) is 85.6 cm³/mol. The van der Waals surface area contributed by atoms with E-state index in [9.17, 15) is 4.79 Å². The van der Waals surface area contributed by atoms with E-state index < -0.39 is 0 Å². The maximum atomic E-state index is 12.6. The summed E-state index contributed by atoms with van der Waals surface area (Å²) in [6.45, 7) is 4.02. The molecule has 3 heteroatoms. The van der Waals surface area contributed by atoms with Crippen molar-refractivity contribution >= 4 is 16.8 Å². The Morgan fingerprint density at radius 3 is 2.62 bits per heavy atom. The van der Waals surface area contributed by atoms with Crippen molar-refractivity contribution in [3.05, 3.63) is 41.1 Å². The predicted octanol–water partition coefficient (Wildman–Crippen LogP) is 3.91. The summed E-state index contributed by atoms with van der Waals surface area (Å²) in [6, 6.07) is 8.23. The van der Waals surface area contributed by atoms with E-state index in [0.29, 0.717) is 6.04 Å². The van der Waals surface area contributed by atoms with Crippen LogP contribution in [0.5, 0.6) is 0 Å². The molecule has 1 saturated carbocycles. The van der Waals surface area contributed by atoms with Gasteiger partial charge in [0.1, 0.15) is 0 Å². The van der Waals surface area contributed by atoms with Crippen molar-refractivity contribution in [3.63, 3.8) is 0 Å². The molecule has 0 aliphatic heterocycles. The summed E-state index contributed by atoms with van der Waals surface area (Å²) in [5, 5.41) is 4.15. The fraction of sp³-hybridized carbons (Fsp3) is 0.444. The molecule has 1 amide bonds. The lowest BCUT2D eigenvalue weighted by molar-refractivity contribution is 0.0929. The van der Waals surface area contributed by atoms with Gasteiger partial charge in [-0.2, -0.15) is 0 Å². The van der Waals surface area contributed by atoms with Crippen LogP contribution in [0.1, 0.15) is 53.7 Å². The third kappa shape index (κ3) is 2.92. The molecule has 2 aromatic rings. The molecule has 0 bridgehead atoms. The minimum absolute atomic E-state index is 0.0394. The highest BCUT2D eigenvalue weighted by Gasteiger charge is 2.18. The number of aromatic nitrogens is 1. The highest BCUT2D eigenvalue weighted by molar-refractivity contribution is 6.07. The Morgan fingerprint density at radius 1 is 1.10 bits per heavy atom. The topological polar surface area (TPSA) is 42.0 Å². The molecule has 21 heavy (non-hydrogen) atoms. The summed E-state index contributed by atoms with van der Waals surface area (Å²) in [5.74, 6) is 0.0394. The third-order valence-corrected chi connectivity index (χ3v) is 4.38. The lowest BCUT2D eigenvalue weighted by Crippen LogP contribution is -2.36. The molecule has 110 valence electrons. The minimum atomic E-state index is 0.0394. The number of nitrogens with zero attached hydrogens (tertiary/aromatic N) is 1. The van der Waals surface area contributed by atoms with Gasteiger partial charge in [-0.15, -0.1) is 0 Å². The highest BCUT2D eigenvalue weighted by atomic mass is 16.1. The molecule has 1 aromatic carbocycles. The van der Waals surface area contributed by atoms with Crippen molar-refractivity contribution < 1.29 is 4.79 Å². The average Bonchev–Trinajstić information content (AvgIpc) is 2.49. The monoisotopic (exact) mass is 282 g/mol. The summed E-state index contributed by atoms with van der Waals surface area (Å²) < 4.78 is 0. The molecule has 3 nitrogen and oxygen atoms in total. The molecule has 0 spiro atoms. The second-order valence-electron chi connectivity index (χ2n) is 6.09. The van der Waals surface area contributed by atoms with E-state index in [1.54, 1.807) is 0 Å². The maximum absolute atomic E-state index is 12.6. The SMILES string of the molecule is Cc1ccc2c(C(=O)NC3CCCCC3)ccc(C)c2n1. The van der Waals surface area contributed by atoms with Gasteiger partial charge in [-0.1, -0.05) is 31.4 Å². The first-order valence-electron chi connectivity index (χ1n) is 7.83. The number of hydrogen-bond acceptors (Lipinski definition) is 2. The van der Waals surface area contributed by atoms with Crippen molar-refractivity contribution in [2.24, 2.45) is 0 Å². The first-order valence-corrected chi connectivity index (χ1v) is 7.83. The van der Waals surface area contributed by atoms with Gasteiger partial charge in [-0.05, 0) is 44.4 Å². The third-order valence-electron chi connectivity index (χ3n) is 4.38. The van der Waals surface area contributed by atoms with E-state index in [1.807, 2.05) is 38.1 Å². The van der Waals surface area contributed by atoms with Gasteiger partial charge in [-0.3, -0.25) is 9.78 Å². The number of aryl methyl sites for hydroxylation is 2. The van der Waals surface area contributed by atoms with Crippen LogP contribution in [-0.4, -0.2) is 16.9 Å². The van der Waals surface area contributed by atoms with E-state index in [-0.39, 0.29) is 5.91 Å². The Kier molecular flexibility index (Phi) is 3.91. The number of amides is 1. The number of nitrogens with one attached hydrogen (secondary N) is 1. The molecule has 3 rings (SSSR count). The summed E-state index contributed by atoms with van der Waals surface area (Å²) in [5.41, 5.74) is 3.78. The normalized spacial score (nSPS) is 16.1.